The van der Waals surface area contributed by atoms with Gasteiger partial charge in [0.1, 0.15) is 11.5 Å². The van der Waals surface area contributed by atoms with Gasteiger partial charge >= 0.3 is 0 Å². The zero-order valence-electron chi connectivity index (χ0n) is 12.5. The van der Waals surface area contributed by atoms with E-state index in [0.717, 1.165) is 63.5 Å². The number of piperidine rings is 1. The molecule has 2 aliphatic rings. The molecular formula is C16H24N2O2. The molecule has 1 aromatic heterocycles. The molecular weight excluding hydrogens is 252 g/mol. The van der Waals surface area contributed by atoms with Crippen LogP contribution in [0.2, 0.25) is 0 Å². The fraction of sp³-hybridized carbons (Fsp3) is 0.688. The maximum atomic E-state index is 12.5. The molecule has 2 aliphatic heterocycles. The first-order valence-corrected chi connectivity index (χ1v) is 7.70. The van der Waals surface area contributed by atoms with Gasteiger partial charge in [-0.3, -0.25) is 9.69 Å². The van der Waals surface area contributed by atoms with E-state index in [4.69, 9.17) is 4.42 Å². The summed E-state index contributed by atoms with van der Waals surface area (Å²) in [7, 11) is 0. The summed E-state index contributed by atoms with van der Waals surface area (Å²) in [5, 5.41) is 0. The highest BCUT2D eigenvalue weighted by Gasteiger charge is 2.47. The molecule has 1 aromatic rings. The van der Waals surface area contributed by atoms with Gasteiger partial charge in [-0.25, -0.2) is 0 Å². The van der Waals surface area contributed by atoms with Crippen molar-refractivity contribution in [3.63, 3.8) is 0 Å². The Hall–Kier alpha value is -1.29. The SMILES string of the molecule is CCN1CCC2(CCN(Cc3ccc(C)o3)CC2)C1=O. The second kappa shape index (κ2) is 5.24. The van der Waals surface area contributed by atoms with Crippen LogP contribution < -0.4 is 0 Å². The highest BCUT2D eigenvalue weighted by atomic mass is 16.3. The number of carbonyl (C=O) groups is 1. The van der Waals surface area contributed by atoms with Gasteiger partial charge in [0.15, 0.2) is 0 Å². The van der Waals surface area contributed by atoms with Crippen molar-refractivity contribution in [3.8, 4) is 0 Å². The standard InChI is InChI=1S/C16H24N2O2/c1-3-18-11-8-16(15(18)19)6-9-17(10-7-16)12-14-5-4-13(2)20-14/h4-5H,3,6-12H2,1-2H3. The molecule has 0 N–H and O–H groups in total. The van der Waals surface area contributed by atoms with Crippen molar-refractivity contribution in [3.05, 3.63) is 23.7 Å². The van der Waals surface area contributed by atoms with Crippen molar-refractivity contribution in [1.29, 1.82) is 0 Å². The third-order valence-electron chi connectivity index (χ3n) is 4.97. The molecule has 0 aromatic carbocycles. The molecule has 2 saturated heterocycles. The van der Waals surface area contributed by atoms with E-state index in [1.807, 2.05) is 17.9 Å². The van der Waals surface area contributed by atoms with Crippen LogP contribution in [0.4, 0.5) is 0 Å². The van der Waals surface area contributed by atoms with Crippen molar-refractivity contribution in [2.45, 2.75) is 39.7 Å². The maximum absolute atomic E-state index is 12.5. The lowest BCUT2D eigenvalue weighted by Crippen LogP contribution is -2.44. The Morgan fingerprint density at radius 3 is 2.45 bits per heavy atom. The fourth-order valence-corrected chi connectivity index (χ4v) is 3.59. The first-order valence-electron chi connectivity index (χ1n) is 7.70. The number of aryl methyl sites for hydroxylation is 1. The normalized spacial score (nSPS) is 22.9. The fourth-order valence-electron chi connectivity index (χ4n) is 3.59. The van der Waals surface area contributed by atoms with E-state index >= 15 is 0 Å². The number of amides is 1. The first-order chi connectivity index (χ1) is 9.63. The van der Waals surface area contributed by atoms with Crippen LogP contribution in [-0.4, -0.2) is 41.9 Å². The van der Waals surface area contributed by atoms with Crippen LogP contribution in [-0.2, 0) is 11.3 Å². The summed E-state index contributed by atoms with van der Waals surface area (Å²) in [6.07, 6.45) is 3.05. The molecule has 4 heteroatoms. The van der Waals surface area contributed by atoms with E-state index < -0.39 is 0 Å². The lowest BCUT2D eigenvalue weighted by molar-refractivity contribution is -0.138. The second-order valence-corrected chi connectivity index (χ2v) is 6.20. The Kier molecular flexibility index (Phi) is 3.59. The summed E-state index contributed by atoms with van der Waals surface area (Å²) in [6, 6.07) is 4.07. The topological polar surface area (TPSA) is 36.7 Å². The number of furan rings is 1. The molecule has 3 rings (SSSR count). The average molecular weight is 276 g/mol. The predicted molar refractivity (Wildman–Crippen MR) is 77.3 cm³/mol. The van der Waals surface area contributed by atoms with Gasteiger partial charge in [-0.2, -0.15) is 0 Å². The number of nitrogens with zero attached hydrogens (tertiary/aromatic N) is 2. The smallest absolute Gasteiger partial charge is 0.228 e. The molecule has 0 aliphatic carbocycles. The van der Waals surface area contributed by atoms with Crippen LogP contribution in [0.15, 0.2) is 16.5 Å². The Labute approximate surface area is 120 Å². The second-order valence-electron chi connectivity index (χ2n) is 6.20. The minimum atomic E-state index is -0.0500. The van der Waals surface area contributed by atoms with Gasteiger partial charge < -0.3 is 9.32 Å². The van der Waals surface area contributed by atoms with Gasteiger partial charge in [-0.05, 0) is 58.3 Å². The molecule has 1 amide bonds. The highest BCUT2D eigenvalue weighted by Crippen LogP contribution is 2.41. The Balaban J connectivity index is 1.58. The number of likely N-dealkylation sites (tertiary alicyclic amines) is 2. The minimum Gasteiger partial charge on any atom is -0.465 e. The molecule has 0 unspecified atom stereocenters. The van der Waals surface area contributed by atoms with Gasteiger partial charge in [0.25, 0.3) is 0 Å². The van der Waals surface area contributed by atoms with Crippen molar-refractivity contribution in [1.82, 2.24) is 9.80 Å². The monoisotopic (exact) mass is 276 g/mol. The number of hydrogen-bond donors (Lipinski definition) is 0. The van der Waals surface area contributed by atoms with Crippen molar-refractivity contribution < 1.29 is 9.21 Å². The quantitative estimate of drug-likeness (QED) is 0.850. The van der Waals surface area contributed by atoms with Crippen LogP contribution >= 0.6 is 0 Å². The summed E-state index contributed by atoms with van der Waals surface area (Å²) >= 11 is 0. The molecule has 3 heterocycles. The van der Waals surface area contributed by atoms with Crippen molar-refractivity contribution in [2.24, 2.45) is 5.41 Å². The highest BCUT2D eigenvalue weighted by molar-refractivity contribution is 5.85. The Bertz CT molecular complexity index is 486. The van der Waals surface area contributed by atoms with E-state index in [1.54, 1.807) is 0 Å². The summed E-state index contributed by atoms with van der Waals surface area (Å²) in [5.74, 6) is 2.40. The Morgan fingerprint density at radius 1 is 1.20 bits per heavy atom. The molecule has 0 radical (unpaired) electrons. The molecule has 0 saturated carbocycles. The minimum absolute atomic E-state index is 0.0500. The average Bonchev–Trinajstić information content (AvgIpc) is 2.98. The predicted octanol–water partition coefficient (Wildman–Crippen LogP) is 2.42. The first kappa shape index (κ1) is 13.7. The summed E-state index contributed by atoms with van der Waals surface area (Å²) in [4.78, 5) is 16.9. The van der Waals surface area contributed by atoms with Gasteiger partial charge in [0.05, 0.1) is 12.0 Å². The van der Waals surface area contributed by atoms with Crippen LogP contribution in [0, 0.1) is 12.3 Å². The molecule has 0 atom stereocenters. The van der Waals surface area contributed by atoms with Crippen LogP contribution in [0.5, 0.6) is 0 Å². The summed E-state index contributed by atoms with van der Waals surface area (Å²) in [6.45, 7) is 8.74. The van der Waals surface area contributed by atoms with E-state index in [1.165, 1.54) is 0 Å². The van der Waals surface area contributed by atoms with Gasteiger partial charge in [-0.15, -0.1) is 0 Å². The lowest BCUT2D eigenvalue weighted by Gasteiger charge is -2.37. The largest absolute Gasteiger partial charge is 0.465 e. The maximum Gasteiger partial charge on any atom is 0.228 e. The van der Waals surface area contributed by atoms with Crippen LogP contribution in [0.3, 0.4) is 0 Å². The molecule has 0 bridgehead atoms. The van der Waals surface area contributed by atoms with Crippen LogP contribution in [0.25, 0.3) is 0 Å². The van der Waals surface area contributed by atoms with E-state index in [2.05, 4.69) is 17.9 Å². The number of hydrogen-bond acceptors (Lipinski definition) is 3. The lowest BCUT2D eigenvalue weighted by atomic mass is 9.77. The van der Waals surface area contributed by atoms with E-state index in [-0.39, 0.29) is 5.41 Å². The molecule has 4 nitrogen and oxygen atoms in total. The van der Waals surface area contributed by atoms with Gasteiger partial charge in [-0.1, -0.05) is 0 Å². The zero-order chi connectivity index (χ0) is 14.2. The summed E-state index contributed by atoms with van der Waals surface area (Å²) in [5.41, 5.74) is -0.0500. The molecule has 2 fully saturated rings. The molecule has 20 heavy (non-hydrogen) atoms. The number of carbonyl (C=O) groups excluding carboxylic acids is 1. The third-order valence-corrected chi connectivity index (χ3v) is 4.97. The third kappa shape index (κ3) is 2.37. The molecule has 110 valence electrons. The van der Waals surface area contributed by atoms with Crippen LogP contribution in [0.1, 0.15) is 37.7 Å². The zero-order valence-corrected chi connectivity index (χ0v) is 12.5. The van der Waals surface area contributed by atoms with Crippen molar-refractivity contribution in [2.75, 3.05) is 26.2 Å². The van der Waals surface area contributed by atoms with E-state index in [9.17, 15) is 4.79 Å². The van der Waals surface area contributed by atoms with Gasteiger partial charge in [0.2, 0.25) is 5.91 Å². The Morgan fingerprint density at radius 2 is 1.90 bits per heavy atom. The number of rotatable bonds is 3. The van der Waals surface area contributed by atoms with E-state index in [0.29, 0.717) is 5.91 Å². The molecule has 1 spiro atoms. The summed E-state index contributed by atoms with van der Waals surface area (Å²) < 4.78 is 5.64. The van der Waals surface area contributed by atoms with Gasteiger partial charge in [0, 0.05) is 13.1 Å². The van der Waals surface area contributed by atoms with Crippen molar-refractivity contribution >= 4 is 5.91 Å².